The Balaban J connectivity index is 0.00000512. The molecular formula is C21H32IN5O4S. The Morgan fingerprint density at radius 1 is 1.12 bits per heavy atom. The van der Waals surface area contributed by atoms with Crippen molar-refractivity contribution in [2.45, 2.75) is 24.7 Å². The van der Waals surface area contributed by atoms with Gasteiger partial charge in [0.15, 0.2) is 17.5 Å². The number of hydrogen-bond donors (Lipinski definition) is 3. The Kier molecular flexibility index (Phi) is 13.0. The van der Waals surface area contributed by atoms with E-state index in [1.54, 1.807) is 20.2 Å². The molecule has 1 heterocycles. The molecule has 1 aromatic heterocycles. The molecular weight excluding hydrogens is 545 g/mol. The second kappa shape index (κ2) is 14.9. The van der Waals surface area contributed by atoms with E-state index in [1.807, 2.05) is 25.1 Å². The minimum atomic E-state index is -3.56. The number of pyridine rings is 1. The van der Waals surface area contributed by atoms with Gasteiger partial charge in [0.1, 0.15) is 4.90 Å². The van der Waals surface area contributed by atoms with E-state index in [2.05, 4.69) is 25.3 Å². The Morgan fingerprint density at radius 2 is 1.91 bits per heavy atom. The quantitative estimate of drug-likeness (QED) is 0.153. The van der Waals surface area contributed by atoms with Gasteiger partial charge in [0.2, 0.25) is 10.0 Å². The van der Waals surface area contributed by atoms with Crippen molar-refractivity contribution in [3.63, 3.8) is 0 Å². The second-order valence-corrected chi connectivity index (χ2v) is 8.30. The summed E-state index contributed by atoms with van der Waals surface area (Å²) in [6.45, 7) is 3.87. The lowest BCUT2D eigenvalue weighted by Crippen LogP contribution is -2.41. The van der Waals surface area contributed by atoms with Crippen molar-refractivity contribution >= 4 is 40.0 Å². The van der Waals surface area contributed by atoms with Gasteiger partial charge in [-0.3, -0.25) is 9.98 Å². The fourth-order valence-corrected chi connectivity index (χ4v) is 3.82. The molecule has 0 fully saturated rings. The number of ether oxygens (including phenoxy) is 2. The molecule has 0 unspecified atom stereocenters. The first-order valence-corrected chi connectivity index (χ1v) is 11.6. The Bertz CT molecular complexity index is 942. The lowest BCUT2D eigenvalue weighted by atomic mass is 10.1. The molecule has 0 spiro atoms. The van der Waals surface area contributed by atoms with E-state index >= 15 is 0 Å². The number of nitrogens with one attached hydrogen (secondary N) is 3. The van der Waals surface area contributed by atoms with Crippen LogP contribution in [0, 0.1) is 0 Å². The lowest BCUT2D eigenvalue weighted by Gasteiger charge is -2.13. The molecule has 3 N–H and O–H groups in total. The molecule has 0 aliphatic carbocycles. The number of guanidine groups is 1. The first-order chi connectivity index (χ1) is 15.0. The minimum Gasteiger partial charge on any atom is -0.493 e. The molecule has 32 heavy (non-hydrogen) atoms. The van der Waals surface area contributed by atoms with Crippen molar-refractivity contribution in [2.24, 2.45) is 4.99 Å². The molecule has 0 saturated carbocycles. The van der Waals surface area contributed by atoms with Crippen molar-refractivity contribution in [3.05, 3.63) is 48.3 Å². The standard InChI is InChI=1S/C21H31N5O4S.HI/c1-4-30-20-15-17(9-10-19(20)29-3)7-5-12-24-21(22-2)25-13-14-26-31(27,28)18-8-6-11-23-16-18;/h6,8-11,15-16,26H,4-5,7,12-14H2,1-3H3,(H2,22,24,25);1H. The van der Waals surface area contributed by atoms with Crippen molar-refractivity contribution in [2.75, 3.05) is 40.4 Å². The molecule has 0 aliphatic heterocycles. The van der Waals surface area contributed by atoms with E-state index < -0.39 is 10.0 Å². The van der Waals surface area contributed by atoms with Gasteiger partial charge in [-0.05, 0) is 49.6 Å². The van der Waals surface area contributed by atoms with Gasteiger partial charge < -0.3 is 20.1 Å². The van der Waals surface area contributed by atoms with Gasteiger partial charge in [-0.2, -0.15) is 0 Å². The first-order valence-electron chi connectivity index (χ1n) is 10.1. The van der Waals surface area contributed by atoms with Crippen molar-refractivity contribution < 1.29 is 17.9 Å². The number of hydrogen-bond acceptors (Lipinski definition) is 6. The van der Waals surface area contributed by atoms with E-state index in [1.165, 1.54) is 24.0 Å². The summed E-state index contributed by atoms with van der Waals surface area (Å²) in [4.78, 5) is 8.13. The van der Waals surface area contributed by atoms with Gasteiger partial charge in [-0.25, -0.2) is 13.1 Å². The highest BCUT2D eigenvalue weighted by Gasteiger charge is 2.12. The monoisotopic (exact) mass is 577 g/mol. The van der Waals surface area contributed by atoms with Crippen LogP contribution in [-0.2, 0) is 16.4 Å². The largest absolute Gasteiger partial charge is 0.493 e. The van der Waals surface area contributed by atoms with E-state index in [9.17, 15) is 8.42 Å². The van der Waals surface area contributed by atoms with Gasteiger partial charge >= 0.3 is 0 Å². The average molecular weight is 577 g/mol. The summed E-state index contributed by atoms with van der Waals surface area (Å²) in [6, 6.07) is 9.04. The second-order valence-electron chi connectivity index (χ2n) is 6.53. The molecule has 0 radical (unpaired) electrons. The van der Waals surface area contributed by atoms with E-state index in [0.29, 0.717) is 19.1 Å². The fourth-order valence-electron chi connectivity index (χ4n) is 2.82. The van der Waals surface area contributed by atoms with E-state index in [0.717, 1.165) is 30.9 Å². The number of benzene rings is 1. The Labute approximate surface area is 207 Å². The zero-order chi connectivity index (χ0) is 22.5. The van der Waals surface area contributed by atoms with E-state index in [-0.39, 0.29) is 35.4 Å². The summed E-state index contributed by atoms with van der Waals surface area (Å²) >= 11 is 0. The third-order valence-corrected chi connectivity index (χ3v) is 5.79. The van der Waals surface area contributed by atoms with Crippen LogP contribution in [-0.4, -0.2) is 59.8 Å². The molecule has 1 aromatic carbocycles. The number of nitrogens with zero attached hydrogens (tertiary/aromatic N) is 2. The van der Waals surface area contributed by atoms with Crippen LogP contribution in [0.5, 0.6) is 11.5 Å². The molecule has 0 saturated heterocycles. The van der Waals surface area contributed by atoms with Gasteiger partial charge in [0, 0.05) is 39.1 Å². The predicted octanol–water partition coefficient (Wildman–Crippen LogP) is 2.18. The highest BCUT2D eigenvalue weighted by Crippen LogP contribution is 2.28. The molecule has 2 rings (SSSR count). The molecule has 0 bridgehead atoms. The molecule has 178 valence electrons. The topological polar surface area (TPSA) is 114 Å². The SMILES string of the molecule is CCOc1cc(CCCNC(=NC)NCCNS(=O)(=O)c2cccnc2)ccc1OC.I. The summed E-state index contributed by atoms with van der Waals surface area (Å²) in [5.74, 6) is 2.10. The van der Waals surface area contributed by atoms with Gasteiger partial charge in [-0.1, -0.05) is 6.07 Å². The van der Waals surface area contributed by atoms with E-state index in [4.69, 9.17) is 9.47 Å². The van der Waals surface area contributed by atoms with Crippen LogP contribution in [0.4, 0.5) is 0 Å². The summed E-state index contributed by atoms with van der Waals surface area (Å²) in [5.41, 5.74) is 1.17. The molecule has 9 nitrogen and oxygen atoms in total. The van der Waals surface area contributed by atoms with Crippen molar-refractivity contribution in [1.29, 1.82) is 0 Å². The zero-order valence-corrected chi connectivity index (χ0v) is 21.8. The number of aliphatic imine (C=N–C) groups is 1. The number of methoxy groups -OCH3 is 1. The maximum Gasteiger partial charge on any atom is 0.242 e. The minimum absolute atomic E-state index is 0. The first kappa shape index (κ1) is 27.9. The fraction of sp³-hybridized carbons (Fsp3) is 0.429. The number of halogens is 1. The Hall–Kier alpha value is -2.12. The maximum absolute atomic E-state index is 12.2. The molecule has 2 aromatic rings. The molecule has 11 heteroatoms. The van der Waals surface area contributed by atoms with Gasteiger partial charge in [0.25, 0.3) is 0 Å². The average Bonchev–Trinajstić information content (AvgIpc) is 2.79. The van der Waals surface area contributed by atoms with Crippen LogP contribution in [0.25, 0.3) is 0 Å². The van der Waals surface area contributed by atoms with Crippen molar-refractivity contribution in [3.8, 4) is 11.5 Å². The van der Waals surface area contributed by atoms with Crippen LogP contribution in [0.3, 0.4) is 0 Å². The Morgan fingerprint density at radius 3 is 2.56 bits per heavy atom. The number of aryl methyl sites for hydroxylation is 1. The summed E-state index contributed by atoms with van der Waals surface area (Å²) < 4.78 is 37.8. The summed E-state index contributed by atoms with van der Waals surface area (Å²) in [6.07, 6.45) is 4.62. The summed E-state index contributed by atoms with van der Waals surface area (Å²) in [7, 11) is -0.259. The lowest BCUT2D eigenvalue weighted by molar-refractivity contribution is 0.310. The third kappa shape index (κ3) is 9.17. The number of rotatable bonds is 12. The van der Waals surface area contributed by atoms with Crippen LogP contribution in [0.15, 0.2) is 52.6 Å². The molecule has 0 aliphatic rings. The highest BCUT2D eigenvalue weighted by atomic mass is 127. The van der Waals surface area contributed by atoms with Crippen molar-refractivity contribution in [1.82, 2.24) is 20.3 Å². The normalized spacial score (nSPS) is 11.4. The predicted molar refractivity (Wildman–Crippen MR) is 137 cm³/mol. The zero-order valence-electron chi connectivity index (χ0n) is 18.6. The van der Waals surface area contributed by atoms with Crippen LogP contribution < -0.4 is 24.8 Å². The number of aromatic nitrogens is 1. The summed E-state index contributed by atoms with van der Waals surface area (Å²) in [5, 5.41) is 6.32. The molecule has 0 atom stereocenters. The molecule has 0 amide bonds. The third-order valence-electron chi connectivity index (χ3n) is 4.34. The highest BCUT2D eigenvalue weighted by molar-refractivity contribution is 14.0. The van der Waals surface area contributed by atoms with Crippen LogP contribution >= 0.6 is 24.0 Å². The van der Waals surface area contributed by atoms with Gasteiger partial charge in [0.05, 0.1) is 13.7 Å². The smallest absolute Gasteiger partial charge is 0.242 e. The van der Waals surface area contributed by atoms with Gasteiger partial charge in [-0.15, -0.1) is 24.0 Å². The maximum atomic E-state index is 12.2. The van der Waals surface area contributed by atoms with Crippen LogP contribution in [0.2, 0.25) is 0 Å². The number of sulfonamides is 1. The van der Waals surface area contributed by atoms with Crippen LogP contribution in [0.1, 0.15) is 18.9 Å².